The zero-order chi connectivity index (χ0) is 19.6. The summed E-state index contributed by atoms with van der Waals surface area (Å²) >= 11 is 1.60. The van der Waals surface area contributed by atoms with Crippen LogP contribution in [0.1, 0.15) is 26.5 Å². The Kier molecular flexibility index (Phi) is 5.41. The summed E-state index contributed by atoms with van der Waals surface area (Å²) < 4.78 is 23.0. The maximum Gasteiger partial charge on any atom is 0.251 e. The molecule has 0 aliphatic rings. The number of amides is 1. The first-order valence-electron chi connectivity index (χ1n) is 8.17. The molecule has 1 aromatic heterocycles. The van der Waals surface area contributed by atoms with Gasteiger partial charge in [0.15, 0.2) is 0 Å². The van der Waals surface area contributed by atoms with Crippen molar-refractivity contribution in [1.82, 2.24) is 10.3 Å². The third kappa shape index (κ3) is 4.60. The second-order valence-corrected chi connectivity index (χ2v) is 8.78. The lowest BCUT2D eigenvalue weighted by Gasteiger charge is -2.10. The summed E-state index contributed by atoms with van der Waals surface area (Å²) in [6.07, 6.45) is 0. The number of hydrogen-bond acceptors (Lipinski definition) is 5. The Balaban J connectivity index is 1.71. The van der Waals surface area contributed by atoms with Crippen LogP contribution in [0, 0.1) is 13.8 Å². The van der Waals surface area contributed by atoms with Crippen LogP contribution in [0.15, 0.2) is 52.7 Å². The summed E-state index contributed by atoms with van der Waals surface area (Å²) in [5.74, 6) is -0.350. The minimum absolute atomic E-state index is 0.0823. The lowest BCUT2D eigenvalue weighted by atomic mass is 10.1. The van der Waals surface area contributed by atoms with E-state index in [4.69, 9.17) is 5.14 Å². The van der Waals surface area contributed by atoms with Gasteiger partial charge in [-0.3, -0.25) is 4.79 Å². The molecule has 0 aliphatic carbocycles. The van der Waals surface area contributed by atoms with Crippen LogP contribution in [0.25, 0.3) is 11.3 Å². The monoisotopic (exact) mass is 401 g/mol. The van der Waals surface area contributed by atoms with Crippen molar-refractivity contribution in [3.05, 3.63) is 69.5 Å². The third-order valence-electron chi connectivity index (χ3n) is 4.10. The van der Waals surface area contributed by atoms with Crippen molar-refractivity contribution in [1.29, 1.82) is 0 Å². The number of primary sulfonamides is 1. The van der Waals surface area contributed by atoms with Crippen molar-refractivity contribution in [2.75, 3.05) is 0 Å². The minimum Gasteiger partial charge on any atom is -0.348 e. The number of carbonyl (C=O) groups excluding carboxylic acids is 1. The molecule has 27 heavy (non-hydrogen) atoms. The van der Waals surface area contributed by atoms with Crippen LogP contribution in [0.5, 0.6) is 0 Å². The van der Waals surface area contributed by atoms with Crippen molar-refractivity contribution >= 4 is 27.3 Å². The van der Waals surface area contributed by atoms with Crippen LogP contribution in [0.3, 0.4) is 0 Å². The number of benzene rings is 2. The molecule has 0 unspecified atom stereocenters. The molecule has 3 rings (SSSR count). The largest absolute Gasteiger partial charge is 0.348 e. The average molecular weight is 402 g/mol. The Bertz CT molecular complexity index is 1090. The fraction of sp³-hybridized carbons (Fsp3) is 0.158. The Morgan fingerprint density at radius 1 is 1.15 bits per heavy atom. The van der Waals surface area contributed by atoms with Crippen molar-refractivity contribution in [3.63, 3.8) is 0 Å². The molecule has 0 spiro atoms. The van der Waals surface area contributed by atoms with Crippen LogP contribution >= 0.6 is 11.3 Å². The minimum atomic E-state index is -3.86. The number of sulfonamides is 1. The zero-order valence-electron chi connectivity index (χ0n) is 14.9. The maximum atomic E-state index is 12.5. The van der Waals surface area contributed by atoms with Crippen LogP contribution in [-0.2, 0) is 16.6 Å². The summed E-state index contributed by atoms with van der Waals surface area (Å²) in [5, 5.41) is 11.0. The van der Waals surface area contributed by atoms with E-state index in [9.17, 15) is 13.2 Å². The Labute approximate surface area is 162 Å². The molecule has 0 fully saturated rings. The zero-order valence-corrected chi connectivity index (χ0v) is 16.5. The molecule has 0 atom stereocenters. The van der Waals surface area contributed by atoms with Gasteiger partial charge in [0, 0.05) is 23.1 Å². The summed E-state index contributed by atoms with van der Waals surface area (Å²) in [4.78, 5) is 16.8. The van der Waals surface area contributed by atoms with Gasteiger partial charge in [-0.2, -0.15) is 0 Å². The van der Waals surface area contributed by atoms with E-state index in [0.29, 0.717) is 12.1 Å². The van der Waals surface area contributed by atoms with E-state index in [1.54, 1.807) is 24.3 Å². The van der Waals surface area contributed by atoms with Gasteiger partial charge in [0.2, 0.25) is 10.0 Å². The number of carbonyl (C=O) groups is 1. The molecule has 1 heterocycles. The molecule has 0 aliphatic heterocycles. The number of nitrogens with two attached hydrogens (primary N) is 1. The molecule has 6 nitrogen and oxygen atoms in total. The molecule has 0 saturated carbocycles. The van der Waals surface area contributed by atoms with E-state index in [1.807, 2.05) is 36.6 Å². The molecular weight excluding hydrogens is 382 g/mol. The predicted molar refractivity (Wildman–Crippen MR) is 106 cm³/mol. The van der Waals surface area contributed by atoms with Crippen LogP contribution in [-0.4, -0.2) is 19.3 Å². The summed E-state index contributed by atoms with van der Waals surface area (Å²) in [5.41, 5.74) is 3.85. The van der Waals surface area contributed by atoms with E-state index in [2.05, 4.69) is 10.3 Å². The van der Waals surface area contributed by atoms with Crippen LogP contribution in [0.4, 0.5) is 0 Å². The topological polar surface area (TPSA) is 102 Å². The van der Waals surface area contributed by atoms with Gasteiger partial charge in [-0.15, -0.1) is 11.3 Å². The smallest absolute Gasteiger partial charge is 0.251 e. The highest BCUT2D eigenvalue weighted by molar-refractivity contribution is 7.89. The highest BCUT2D eigenvalue weighted by Crippen LogP contribution is 2.22. The molecule has 2 aromatic carbocycles. The number of aryl methyl sites for hydroxylation is 2. The second kappa shape index (κ2) is 7.59. The fourth-order valence-electron chi connectivity index (χ4n) is 2.59. The Hall–Kier alpha value is -2.55. The van der Waals surface area contributed by atoms with Crippen molar-refractivity contribution in [2.24, 2.45) is 5.14 Å². The number of rotatable bonds is 5. The second-order valence-electron chi connectivity index (χ2n) is 6.15. The van der Waals surface area contributed by atoms with E-state index < -0.39 is 10.0 Å². The number of nitrogens with zero attached hydrogens (tertiary/aromatic N) is 1. The molecule has 0 saturated heterocycles. The SMILES string of the molecule is Cc1nc(-c2ccc(CNC(=O)c3cc(S(N)(=O)=O)ccc3C)cc2)cs1. The average Bonchev–Trinajstić information content (AvgIpc) is 3.06. The van der Waals surface area contributed by atoms with Gasteiger partial charge < -0.3 is 5.32 Å². The quantitative estimate of drug-likeness (QED) is 0.686. The van der Waals surface area contributed by atoms with Gasteiger partial charge in [-0.1, -0.05) is 30.3 Å². The lowest BCUT2D eigenvalue weighted by molar-refractivity contribution is 0.0950. The van der Waals surface area contributed by atoms with Crippen molar-refractivity contribution in [2.45, 2.75) is 25.3 Å². The molecule has 0 bridgehead atoms. The first-order chi connectivity index (χ1) is 12.7. The number of hydrogen-bond donors (Lipinski definition) is 2. The van der Waals surface area contributed by atoms with Crippen molar-refractivity contribution in [3.8, 4) is 11.3 Å². The summed E-state index contributed by atoms with van der Waals surface area (Å²) in [6.45, 7) is 4.03. The normalized spacial score (nSPS) is 11.4. The first-order valence-corrected chi connectivity index (χ1v) is 10.6. The molecule has 0 radical (unpaired) electrons. The van der Waals surface area contributed by atoms with E-state index in [1.165, 1.54) is 12.1 Å². The van der Waals surface area contributed by atoms with Gasteiger partial charge in [0.1, 0.15) is 0 Å². The number of thiazole rings is 1. The molecule has 3 aromatic rings. The number of nitrogens with one attached hydrogen (secondary N) is 1. The standard InChI is InChI=1S/C19H19N3O3S2/c1-12-3-8-16(27(20,24)25)9-17(12)19(23)21-10-14-4-6-15(7-5-14)18-11-26-13(2)22-18/h3-9,11H,10H2,1-2H3,(H,21,23)(H2,20,24,25). The molecule has 140 valence electrons. The van der Waals surface area contributed by atoms with Gasteiger partial charge in [-0.05, 0) is 37.1 Å². The summed E-state index contributed by atoms with van der Waals surface area (Å²) in [7, 11) is -3.86. The molecule has 8 heteroatoms. The van der Waals surface area contributed by atoms with Gasteiger partial charge in [-0.25, -0.2) is 18.5 Å². The van der Waals surface area contributed by atoms with E-state index in [-0.39, 0.29) is 16.4 Å². The van der Waals surface area contributed by atoms with E-state index in [0.717, 1.165) is 21.8 Å². The van der Waals surface area contributed by atoms with Crippen molar-refractivity contribution < 1.29 is 13.2 Å². The lowest BCUT2D eigenvalue weighted by Crippen LogP contribution is -2.24. The predicted octanol–water partition coefficient (Wildman–Crippen LogP) is 3.00. The Morgan fingerprint density at radius 3 is 2.44 bits per heavy atom. The van der Waals surface area contributed by atoms with Crippen LogP contribution in [0.2, 0.25) is 0 Å². The molecule has 3 N–H and O–H groups in total. The molecular formula is C19H19N3O3S2. The molecule has 1 amide bonds. The maximum absolute atomic E-state index is 12.5. The van der Waals surface area contributed by atoms with Gasteiger partial charge >= 0.3 is 0 Å². The van der Waals surface area contributed by atoms with Gasteiger partial charge in [0.25, 0.3) is 5.91 Å². The highest BCUT2D eigenvalue weighted by atomic mass is 32.2. The number of aromatic nitrogens is 1. The third-order valence-corrected chi connectivity index (χ3v) is 5.79. The first kappa shape index (κ1) is 19.2. The summed E-state index contributed by atoms with van der Waals surface area (Å²) in [6, 6.07) is 12.0. The van der Waals surface area contributed by atoms with Gasteiger partial charge in [0.05, 0.1) is 15.6 Å². The van der Waals surface area contributed by atoms with E-state index >= 15 is 0 Å². The van der Waals surface area contributed by atoms with Crippen LogP contribution < -0.4 is 10.5 Å². The highest BCUT2D eigenvalue weighted by Gasteiger charge is 2.14. The Morgan fingerprint density at radius 2 is 1.85 bits per heavy atom. The fourth-order valence-corrected chi connectivity index (χ4v) is 3.75.